The van der Waals surface area contributed by atoms with E-state index in [9.17, 15) is 9.59 Å². The van der Waals surface area contributed by atoms with Gasteiger partial charge < -0.3 is 10.6 Å². The lowest BCUT2D eigenvalue weighted by Gasteiger charge is -2.14. The number of halogens is 1. The molecule has 0 aromatic carbocycles. The quantitative estimate of drug-likeness (QED) is 0.573. The maximum atomic E-state index is 11.5. The van der Waals surface area contributed by atoms with E-state index in [4.69, 9.17) is 0 Å². The summed E-state index contributed by atoms with van der Waals surface area (Å²) in [6, 6.07) is 0. The molecule has 94 valence electrons. The lowest BCUT2D eigenvalue weighted by atomic mass is 10.1. The van der Waals surface area contributed by atoms with Crippen LogP contribution >= 0.6 is 15.9 Å². The molecule has 0 radical (unpaired) electrons. The summed E-state index contributed by atoms with van der Waals surface area (Å²) in [5.74, 6) is 0.211. The molecule has 0 spiro atoms. The molecule has 2 amide bonds. The first-order chi connectivity index (χ1) is 7.36. The van der Waals surface area contributed by atoms with Crippen LogP contribution in [0, 0.1) is 11.8 Å². The lowest BCUT2D eigenvalue weighted by molar-refractivity contribution is -0.124. The van der Waals surface area contributed by atoms with Crippen LogP contribution in [0.4, 0.5) is 0 Å². The molecular weight excluding hydrogens is 272 g/mol. The molecule has 0 fully saturated rings. The number of carbonyl (C=O) groups excluding carboxylic acids is 2. The van der Waals surface area contributed by atoms with E-state index < -0.39 is 0 Å². The van der Waals surface area contributed by atoms with Crippen molar-refractivity contribution in [2.75, 3.05) is 13.1 Å². The maximum absolute atomic E-state index is 11.5. The van der Waals surface area contributed by atoms with Gasteiger partial charge in [-0.05, 0) is 5.92 Å². The fourth-order valence-corrected chi connectivity index (χ4v) is 1.14. The van der Waals surface area contributed by atoms with Gasteiger partial charge >= 0.3 is 0 Å². The molecular formula is C11H21BrN2O2. The zero-order valence-electron chi connectivity index (χ0n) is 10.3. The van der Waals surface area contributed by atoms with Gasteiger partial charge in [0, 0.05) is 19.0 Å². The molecule has 0 aliphatic heterocycles. The van der Waals surface area contributed by atoms with Crippen LogP contribution < -0.4 is 10.6 Å². The molecule has 0 saturated heterocycles. The van der Waals surface area contributed by atoms with Gasteiger partial charge in [-0.3, -0.25) is 9.59 Å². The second kappa shape index (κ2) is 7.65. The number of rotatable bonds is 6. The smallest absolute Gasteiger partial charge is 0.234 e. The first kappa shape index (κ1) is 15.4. The minimum absolute atomic E-state index is 0.00787. The van der Waals surface area contributed by atoms with Crippen molar-refractivity contribution in [3.8, 4) is 0 Å². The average Bonchev–Trinajstić information content (AvgIpc) is 2.22. The van der Waals surface area contributed by atoms with Crippen molar-refractivity contribution in [1.29, 1.82) is 0 Å². The Morgan fingerprint density at radius 1 is 1.00 bits per heavy atom. The van der Waals surface area contributed by atoms with Gasteiger partial charge in [-0.2, -0.15) is 0 Å². The minimum atomic E-state index is -0.173. The van der Waals surface area contributed by atoms with Gasteiger partial charge in [0.05, 0.1) is 4.83 Å². The van der Waals surface area contributed by atoms with Crippen LogP contribution in [0.2, 0.25) is 0 Å². The van der Waals surface area contributed by atoms with Crippen molar-refractivity contribution in [2.24, 2.45) is 11.8 Å². The Bertz CT molecular complexity index is 242. The summed E-state index contributed by atoms with van der Waals surface area (Å²) in [6.07, 6.45) is 0. The fraction of sp³-hybridized carbons (Fsp3) is 0.818. The molecule has 0 saturated carbocycles. The number of hydrogen-bond donors (Lipinski definition) is 2. The highest BCUT2D eigenvalue weighted by molar-refractivity contribution is 9.10. The van der Waals surface area contributed by atoms with Gasteiger partial charge in [-0.1, -0.05) is 43.6 Å². The normalized spacial score (nSPS) is 12.7. The molecule has 0 aliphatic rings. The number of amides is 2. The number of hydrogen-bond acceptors (Lipinski definition) is 2. The van der Waals surface area contributed by atoms with Crippen molar-refractivity contribution in [3.63, 3.8) is 0 Å². The Kier molecular flexibility index (Phi) is 7.38. The van der Waals surface area contributed by atoms with E-state index in [0.29, 0.717) is 13.1 Å². The third-order valence-electron chi connectivity index (χ3n) is 2.08. The van der Waals surface area contributed by atoms with Crippen LogP contribution in [-0.4, -0.2) is 29.7 Å². The topological polar surface area (TPSA) is 58.2 Å². The molecule has 0 aliphatic carbocycles. The van der Waals surface area contributed by atoms with E-state index in [2.05, 4.69) is 26.6 Å². The first-order valence-electron chi connectivity index (χ1n) is 5.55. The Labute approximate surface area is 106 Å². The monoisotopic (exact) mass is 292 g/mol. The number of carbonyl (C=O) groups is 2. The van der Waals surface area contributed by atoms with Gasteiger partial charge in [0.1, 0.15) is 0 Å². The van der Waals surface area contributed by atoms with E-state index in [0.717, 1.165) is 0 Å². The highest BCUT2D eigenvalue weighted by atomic mass is 79.9. The molecule has 1 atom stereocenters. The van der Waals surface area contributed by atoms with Gasteiger partial charge in [0.2, 0.25) is 11.8 Å². The minimum Gasteiger partial charge on any atom is -0.354 e. The lowest BCUT2D eigenvalue weighted by Crippen LogP contribution is -2.40. The van der Waals surface area contributed by atoms with E-state index in [1.165, 1.54) is 0 Å². The van der Waals surface area contributed by atoms with Crippen LogP contribution in [-0.2, 0) is 9.59 Å². The van der Waals surface area contributed by atoms with Gasteiger partial charge in [-0.15, -0.1) is 0 Å². The largest absolute Gasteiger partial charge is 0.354 e. The molecule has 2 N–H and O–H groups in total. The molecule has 0 aromatic rings. The third kappa shape index (κ3) is 6.10. The summed E-state index contributed by atoms with van der Waals surface area (Å²) in [5, 5.41) is 5.49. The van der Waals surface area contributed by atoms with Crippen molar-refractivity contribution in [2.45, 2.75) is 32.5 Å². The summed E-state index contributed by atoms with van der Waals surface area (Å²) in [5.41, 5.74) is 0. The second-order valence-electron chi connectivity index (χ2n) is 4.38. The Morgan fingerprint density at radius 3 is 1.81 bits per heavy atom. The van der Waals surface area contributed by atoms with E-state index in [-0.39, 0.29) is 28.5 Å². The highest BCUT2D eigenvalue weighted by Gasteiger charge is 2.17. The number of nitrogens with one attached hydrogen (secondary N) is 2. The molecule has 16 heavy (non-hydrogen) atoms. The van der Waals surface area contributed by atoms with E-state index in [1.807, 2.05) is 27.7 Å². The summed E-state index contributed by atoms with van der Waals surface area (Å²) >= 11 is 3.31. The Balaban J connectivity index is 3.67. The predicted octanol–water partition coefficient (Wildman–Crippen LogP) is 1.29. The third-order valence-corrected chi connectivity index (χ3v) is 3.56. The van der Waals surface area contributed by atoms with Crippen molar-refractivity contribution >= 4 is 27.7 Å². The first-order valence-corrected chi connectivity index (χ1v) is 6.47. The van der Waals surface area contributed by atoms with Crippen LogP contribution in [0.1, 0.15) is 27.7 Å². The Morgan fingerprint density at radius 2 is 1.44 bits per heavy atom. The fourth-order valence-electron chi connectivity index (χ4n) is 0.976. The van der Waals surface area contributed by atoms with Crippen molar-refractivity contribution in [3.05, 3.63) is 0 Å². The SMILES string of the molecule is CC(C)C(=O)NCCNC(=O)C(Br)C(C)C. The molecule has 0 aromatic heterocycles. The Hall–Kier alpha value is -0.580. The second-order valence-corrected chi connectivity index (χ2v) is 5.37. The standard InChI is InChI=1S/C11H21BrN2O2/c1-7(2)9(12)11(16)14-6-5-13-10(15)8(3)4/h7-9H,5-6H2,1-4H3,(H,13,15)(H,14,16). The highest BCUT2D eigenvalue weighted by Crippen LogP contribution is 2.11. The predicted molar refractivity (Wildman–Crippen MR) is 68.4 cm³/mol. The molecule has 0 heterocycles. The summed E-state index contributed by atoms with van der Waals surface area (Å²) in [7, 11) is 0. The van der Waals surface area contributed by atoms with Crippen molar-refractivity contribution in [1.82, 2.24) is 10.6 Å². The van der Waals surface area contributed by atoms with Crippen LogP contribution in [0.25, 0.3) is 0 Å². The van der Waals surface area contributed by atoms with Gasteiger partial charge in [-0.25, -0.2) is 0 Å². The molecule has 5 heteroatoms. The maximum Gasteiger partial charge on any atom is 0.234 e. The zero-order valence-corrected chi connectivity index (χ0v) is 11.9. The molecule has 1 unspecified atom stereocenters. The van der Waals surface area contributed by atoms with E-state index in [1.54, 1.807) is 0 Å². The van der Waals surface area contributed by atoms with Crippen LogP contribution in [0.15, 0.2) is 0 Å². The summed E-state index contributed by atoms with van der Waals surface area (Å²) < 4.78 is 0. The molecule has 0 bridgehead atoms. The van der Waals surface area contributed by atoms with Crippen LogP contribution in [0.5, 0.6) is 0 Å². The summed E-state index contributed by atoms with van der Waals surface area (Å²) in [4.78, 5) is 22.5. The van der Waals surface area contributed by atoms with E-state index >= 15 is 0 Å². The van der Waals surface area contributed by atoms with Crippen molar-refractivity contribution < 1.29 is 9.59 Å². The average molecular weight is 293 g/mol. The van der Waals surface area contributed by atoms with Gasteiger partial charge in [0.15, 0.2) is 0 Å². The number of alkyl halides is 1. The van der Waals surface area contributed by atoms with Crippen LogP contribution in [0.3, 0.4) is 0 Å². The zero-order chi connectivity index (χ0) is 12.7. The molecule has 4 nitrogen and oxygen atoms in total. The van der Waals surface area contributed by atoms with Gasteiger partial charge in [0.25, 0.3) is 0 Å². The molecule has 0 rings (SSSR count). The summed E-state index contributed by atoms with van der Waals surface area (Å²) in [6.45, 7) is 8.55.